The molecule has 9 heteroatoms. The van der Waals surface area contributed by atoms with Crippen molar-refractivity contribution in [1.82, 2.24) is 9.80 Å². The number of benzene rings is 1. The Morgan fingerprint density at radius 3 is 2.35 bits per heavy atom. The normalized spacial score (nSPS) is 22.2. The molecule has 0 spiro atoms. The minimum atomic E-state index is -4.61. The summed E-state index contributed by atoms with van der Waals surface area (Å²) in [7, 11) is 1.56. The number of amides is 1. The Morgan fingerprint density at radius 2 is 1.88 bits per heavy atom. The number of carbonyl (C=O) groups excluding carboxylic acids is 1. The van der Waals surface area contributed by atoms with E-state index in [2.05, 4.69) is 0 Å². The van der Waals surface area contributed by atoms with E-state index >= 15 is 0 Å². The van der Waals surface area contributed by atoms with Gasteiger partial charge in [-0.25, -0.2) is 0 Å². The van der Waals surface area contributed by atoms with Crippen molar-refractivity contribution in [2.24, 2.45) is 11.8 Å². The van der Waals surface area contributed by atoms with Gasteiger partial charge in [-0.2, -0.15) is 13.2 Å². The maximum absolute atomic E-state index is 13.0. The van der Waals surface area contributed by atoms with Gasteiger partial charge in [0.25, 0.3) is 0 Å². The van der Waals surface area contributed by atoms with Gasteiger partial charge in [-0.05, 0) is 24.6 Å². The van der Waals surface area contributed by atoms with Gasteiger partial charge < -0.3 is 10.0 Å². The lowest BCUT2D eigenvalue weighted by molar-refractivity contribution is -0.188. The lowest BCUT2D eigenvalue weighted by Gasteiger charge is -2.27. The van der Waals surface area contributed by atoms with Gasteiger partial charge in [-0.3, -0.25) is 14.5 Å². The molecule has 2 rings (SSSR count). The van der Waals surface area contributed by atoms with Crippen molar-refractivity contribution in [3.63, 3.8) is 0 Å². The van der Waals surface area contributed by atoms with E-state index in [4.69, 9.17) is 16.7 Å². The molecule has 5 nitrogen and oxygen atoms in total. The van der Waals surface area contributed by atoms with E-state index in [1.54, 1.807) is 38.2 Å². The summed E-state index contributed by atoms with van der Waals surface area (Å²) in [5.41, 5.74) is 0.836. The molecule has 3 atom stereocenters. The highest BCUT2D eigenvalue weighted by Crippen LogP contribution is 2.37. The molecule has 0 bridgehead atoms. The average molecular weight is 393 g/mol. The summed E-state index contributed by atoms with van der Waals surface area (Å²) in [6, 6.07) is 6.63. The van der Waals surface area contributed by atoms with Crippen LogP contribution in [0.25, 0.3) is 0 Å². The Morgan fingerprint density at radius 1 is 1.31 bits per heavy atom. The zero-order valence-electron chi connectivity index (χ0n) is 14.3. The molecule has 0 saturated carbocycles. The first-order chi connectivity index (χ1) is 12.0. The Labute approximate surface area is 154 Å². The van der Waals surface area contributed by atoms with Crippen molar-refractivity contribution in [2.75, 3.05) is 26.7 Å². The van der Waals surface area contributed by atoms with Gasteiger partial charge >= 0.3 is 12.1 Å². The molecule has 0 radical (unpaired) electrons. The predicted octanol–water partition coefficient (Wildman–Crippen LogP) is 3.05. The van der Waals surface area contributed by atoms with Crippen LogP contribution in [0.3, 0.4) is 0 Å². The Bertz CT molecular complexity index is 666. The quantitative estimate of drug-likeness (QED) is 0.836. The van der Waals surface area contributed by atoms with Crippen molar-refractivity contribution in [3.05, 3.63) is 34.9 Å². The van der Waals surface area contributed by atoms with Gasteiger partial charge in [0.05, 0.1) is 24.4 Å². The van der Waals surface area contributed by atoms with Crippen molar-refractivity contribution < 1.29 is 27.9 Å². The van der Waals surface area contributed by atoms with Crippen LogP contribution in [0, 0.1) is 11.8 Å². The molecule has 1 heterocycles. The number of halogens is 4. The van der Waals surface area contributed by atoms with Crippen LogP contribution in [0.15, 0.2) is 24.3 Å². The molecule has 0 aromatic heterocycles. The number of carbonyl (C=O) groups is 2. The number of carboxylic acid groups (broad SMARTS) is 1. The van der Waals surface area contributed by atoms with E-state index in [-0.39, 0.29) is 25.0 Å². The number of nitrogens with zero attached hydrogens (tertiary/aromatic N) is 2. The molecule has 26 heavy (non-hydrogen) atoms. The predicted molar refractivity (Wildman–Crippen MR) is 89.7 cm³/mol. The van der Waals surface area contributed by atoms with Crippen molar-refractivity contribution in [2.45, 2.75) is 19.1 Å². The van der Waals surface area contributed by atoms with E-state index in [1.165, 1.54) is 9.80 Å². The zero-order chi connectivity index (χ0) is 19.6. The van der Waals surface area contributed by atoms with Crippen molar-refractivity contribution in [3.8, 4) is 0 Å². The monoisotopic (exact) mass is 392 g/mol. The standard InChI is InChI=1S/C17H20ClF3N2O3/c1-10(11-3-5-12(18)6-4-11)22(2)15(24)9-23-7-13(16(25)26)14(8-23)17(19,20)21/h3-6,10,13-14H,7-9H2,1-2H3,(H,25,26)/t10?,13-,14-/m1/s1. The smallest absolute Gasteiger partial charge is 0.393 e. The first-order valence-electron chi connectivity index (χ1n) is 8.03. The third-order valence-electron chi connectivity index (χ3n) is 4.82. The first-order valence-corrected chi connectivity index (χ1v) is 8.41. The van der Waals surface area contributed by atoms with Crippen molar-refractivity contribution in [1.29, 1.82) is 0 Å². The number of likely N-dealkylation sites (tertiary alicyclic amines) is 1. The van der Waals surface area contributed by atoms with Crippen LogP contribution in [0.5, 0.6) is 0 Å². The first kappa shape index (κ1) is 20.5. The van der Waals surface area contributed by atoms with Crippen molar-refractivity contribution >= 4 is 23.5 Å². The van der Waals surface area contributed by atoms with Crippen LogP contribution in [0.4, 0.5) is 13.2 Å². The lowest BCUT2D eigenvalue weighted by Crippen LogP contribution is -2.39. The highest BCUT2D eigenvalue weighted by Gasteiger charge is 2.52. The van der Waals surface area contributed by atoms with Crippen LogP contribution >= 0.6 is 11.6 Å². The van der Waals surface area contributed by atoms with E-state index in [9.17, 15) is 22.8 Å². The fourth-order valence-corrected chi connectivity index (χ4v) is 3.21. The molecule has 1 fully saturated rings. The van der Waals surface area contributed by atoms with Crippen LogP contribution in [-0.2, 0) is 9.59 Å². The molecule has 1 amide bonds. The Balaban J connectivity index is 2.02. The summed E-state index contributed by atoms with van der Waals surface area (Å²) in [6.45, 7) is 0.748. The molecular formula is C17H20ClF3N2O3. The summed E-state index contributed by atoms with van der Waals surface area (Å²) >= 11 is 5.83. The topological polar surface area (TPSA) is 60.9 Å². The fourth-order valence-electron chi connectivity index (χ4n) is 3.08. The molecule has 1 aromatic rings. The third kappa shape index (κ3) is 4.67. The third-order valence-corrected chi connectivity index (χ3v) is 5.07. The van der Waals surface area contributed by atoms with Gasteiger partial charge in [0.1, 0.15) is 0 Å². The number of hydrogen-bond acceptors (Lipinski definition) is 3. The van der Waals surface area contributed by atoms with Crippen LogP contribution in [0.1, 0.15) is 18.5 Å². The molecule has 1 N–H and O–H groups in total. The number of carboxylic acids is 1. The summed E-state index contributed by atoms with van der Waals surface area (Å²) in [4.78, 5) is 26.2. The molecular weight excluding hydrogens is 373 g/mol. The molecule has 1 aromatic carbocycles. The summed E-state index contributed by atoms with van der Waals surface area (Å²) in [5.74, 6) is -5.39. The van der Waals surface area contributed by atoms with E-state index in [0.29, 0.717) is 5.02 Å². The second-order valence-electron chi connectivity index (χ2n) is 6.52. The minimum Gasteiger partial charge on any atom is -0.481 e. The molecule has 1 aliphatic heterocycles. The lowest BCUT2D eigenvalue weighted by atomic mass is 9.96. The van der Waals surface area contributed by atoms with Gasteiger partial charge in [0.15, 0.2) is 0 Å². The molecule has 144 valence electrons. The maximum atomic E-state index is 13.0. The largest absolute Gasteiger partial charge is 0.481 e. The van der Waals surface area contributed by atoms with Gasteiger partial charge in [-0.15, -0.1) is 0 Å². The minimum absolute atomic E-state index is 0.259. The Kier molecular flexibility index (Phi) is 6.18. The second-order valence-corrected chi connectivity index (χ2v) is 6.96. The SMILES string of the molecule is CC(c1ccc(Cl)cc1)N(C)C(=O)CN1C[C@@H](C(F)(F)F)[C@H](C(=O)O)C1. The van der Waals surface area contributed by atoms with Gasteiger partial charge in [0.2, 0.25) is 5.91 Å². The number of aliphatic carboxylic acids is 1. The average Bonchev–Trinajstić information content (AvgIpc) is 2.98. The molecule has 0 aliphatic carbocycles. The van der Waals surface area contributed by atoms with Gasteiger partial charge in [-0.1, -0.05) is 23.7 Å². The highest BCUT2D eigenvalue weighted by atomic mass is 35.5. The summed E-state index contributed by atoms with van der Waals surface area (Å²) in [6.07, 6.45) is -4.61. The fraction of sp³-hybridized carbons (Fsp3) is 0.529. The van der Waals surface area contributed by atoms with Crippen LogP contribution in [0.2, 0.25) is 5.02 Å². The zero-order valence-corrected chi connectivity index (χ0v) is 15.1. The van der Waals surface area contributed by atoms with Crippen LogP contribution in [-0.4, -0.2) is 59.6 Å². The summed E-state index contributed by atoms with van der Waals surface area (Å²) < 4.78 is 39.1. The number of likely N-dealkylation sites (N-methyl/N-ethyl adjacent to an activating group) is 1. The van der Waals surface area contributed by atoms with E-state index < -0.39 is 30.5 Å². The second kappa shape index (κ2) is 7.84. The molecule has 1 unspecified atom stereocenters. The number of alkyl halides is 3. The number of hydrogen-bond donors (Lipinski definition) is 1. The van der Waals surface area contributed by atoms with Gasteiger partial charge in [0, 0.05) is 25.2 Å². The Hall–Kier alpha value is -1.80. The molecule has 1 saturated heterocycles. The highest BCUT2D eigenvalue weighted by molar-refractivity contribution is 6.30. The van der Waals surface area contributed by atoms with Crippen LogP contribution < -0.4 is 0 Å². The van der Waals surface area contributed by atoms with E-state index in [0.717, 1.165) is 5.56 Å². The molecule has 1 aliphatic rings. The maximum Gasteiger partial charge on any atom is 0.393 e. The van der Waals surface area contributed by atoms with E-state index in [1.807, 2.05) is 0 Å². The summed E-state index contributed by atoms with van der Waals surface area (Å²) in [5, 5.41) is 9.59. The number of rotatable bonds is 5.